The average Bonchev–Trinajstić information content (AvgIpc) is 2.79. The third-order valence-electron chi connectivity index (χ3n) is 4.86. The van der Waals surface area contributed by atoms with Gasteiger partial charge in [0.15, 0.2) is 0 Å². The Balaban J connectivity index is 1.79. The molecule has 1 saturated heterocycles. The number of hydrogen-bond acceptors (Lipinski definition) is 2. The zero-order chi connectivity index (χ0) is 14.2. The first-order valence-electron chi connectivity index (χ1n) is 7.25. The van der Waals surface area contributed by atoms with Gasteiger partial charge in [0, 0.05) is 13.1 Å². The minimum absolute atomic E-state index is 0.0522. The molecule has 0 aromatic heterocycles. The summed E-state index contributed by atoms with van der Waals surface area (Å²) >= 11 is 0. The maximum Gasteiger partial charge on any atom is 0.217 e. The lowest BCUT2D eigenvalue weighted by Gasteiger charge is -2.39. The van der Waals surface area contributed by atoms with Gasteiger partial charge in [0.25, 0.3) is 0 Å². The molecule has 0 atom stereocenters. The lowest BCUT2D eigenvalue weighted by atomic mass is 9.74. The molecule has 0 saturated carbocycles. The van der Waals surface area contributed by atoms with Crippen LogP contribution in [0, 0.1) is 0 Å². The monoisotopic (exact) mass is 291 g/mol. The molecule has 1 heterocycles. The van der Waals surface area contributed by atoms with E-state index in [0.29, 0.717) is 13.1 Å². The highest BCUT2D eigenvalue weighted by Crippen LogP contribution is 2.46. The van der Waals surface area contributed by atoms with Crippen molar-refractivity contribution in [2.24, 2.45) is 0 Å². The van der Waals surface area contributed by atoms with Gasteiger partial charge in [-0.2, -0.15) is 0 Å². The van der Waals surface area contributed by atoms with E-state index in [1.807, 2.05) is 0 Å². The van der Waals surface area contributed by atoms with Gasteiger partial charge in [0.2, 0.25) is 10.0 Å². The standard InChI is InChI=1S/C16H21NO2S/c1-2-13-20(18,19)17-11-9-16(10-12-17)8-7-14-5-3-4-6-15(14)16/h2-6H,1,7-13H2. The van der Waals surface area contributed by atoms with Crippen LogP contribution in [0.3, 0.4) is 0 Å². The number of nitrogens with zero attached hydrogens (tertiary/aromatic N) is 1. The molecule has 108 valence electrons. The van der Waals surface area contributed by atoms with Crippen molar-refractivity contribution < 1.29 is 8.42 Å². The molecule has 0 amide bonds. The Morgan fingerprint density at radius 1 is 1.20 bits per heavy atom. The summed E-state index contributed by atoms with van der Waals surface area (Å²) in [6.45, 7) is 4.82. The topological polar surface area (TPSA) is 37.4 Å². The van der Waals surface area contributed by atoms with E-state index in [-0.39, 0.29) is 11.2 Å². The summed E-state index contributed by atoms with van der Waals surface area (Å²) in [6, 6.07) is 8.65. The van der Waals surface area contributed by atoms with Crippen molar-refractivity contribution in [3.8, 4) is 0 Å². The summed E-state index contributed by atoms with van der Waals surface area (Å²) in [5.41, 5.74) is 3.13. The predicted molar refractivity (Wildman–Crippen MR) is 81.2 cm³/mol. The van der Waals surface area contributed by atoms with Gasteiger partial charge in [-0.3, -0.25) is 0 Å². The van der Waals surface area contributed by atoms with Gasteiger partial charge >= 0.3 is 0 Å². The molecule has 1 aliphatic heterocycles. The fourth-order valence-corrected chi connectivity index (χ4v) is 4.98. The highest BCUT2D eigenvalue weighted by molar-refractivity contribution is 7.89. The average molecular weight is 291 g/mol. The van der Waals surface area contributed by atoms with Gasteiger partial charge in [-0.1, -0.05) is 30.3 Å². The highest BCUT2D eigenvalue weighted by atomic mass is 32.2. The Kier molecular flexibility index (Phi) is 3.46. The van der Waals surface area contributed by atoms with Crippen LogP contribution >= 0.6 is 0 Å². The van der Waals surface area contributed by atoms with Crippen molar-refractivity contribution in [3.05, 3.63) is 48.0 Å². The SMILES string of the molecule is C=CCS(=O)(=O)N1CCC2(CCc3ccccc32)CC1. The Labute approximate surface area is 121 Å². The third-order valence-corrected chi connectivity index (χ3v) is 6.67. The third kappa shape index (κ3) is 2.21. The van der Waals surface area contributed by atoms with Crippen LogP contribution in [0.25, 0.3) is 0 Å². The van der Waals surface area contributed by atoms with Crippen LogP contribution < -0.4 is 0 Å². The summed E-state index contributed by atoms with van der Waals surface area (Å²) in [5, 5.41) is 0. The maximum atomic E-state index is 12.1. The first kappa shape index (κ1) is 13.8. The first-order valence-corrected chi connectivity index (χ1v) is 8.85. The van der Waals surface area contributed by atoms with Gasteiger partial charge < -0.3 is 0 Å². The number of piperidine rings is 1. The van der Waals surface area contributed by atoms with Gasteiger partial charge in [0.1, 0.15) is 0 Å². The number of sulfonamides is 1. The Morgan fingerprint density at radius 3 is 2.60 bits per heavy atom. The molecule has 2 aliphatic rings. The Bertz CT molecular complexity index is 613. The molecule has 0 radical (unpaired) electrons. The summed E-state index contributed by atoms with van der Waals surface area (Å²) < 4.78 is 25.8. The van der Waals surface area contributed by atoms with Crippen LogP contribution in [-0.2, 0) is 21.9 Å². The predicted octanol–water partition coefficient (Wildman–Crippen LogP) is 2.48. The van der Waals surface area contributed by atoms with Crippen LogP contribution in [0.1, 0.15) is 30.4 Å². The van der Waals surface area contributed by atoms with Crippen LogP contribution in [-0.4, -0.2) is 31.6 Å². The number of fused-ring (bicyclic) bond motifs is 2. The molecular weight excluding hydrogens is 270 g/mol. The number of rotatable bonds is 3. The first-order chi connectivity index (χ1) is 9.57. The Morgan fingerprint density at radius 2 is 1.90 bits per heavy atom. The van der Waals surface area contributed by atoms with Crippen LogP contribution in [0.5, 0.6) is 0 Å². The van der Waals surface area contributed by atoms with E-state index in [2.05, 4.69) is 30.8 Å². The van der Waals surface area contributed by atoms with Gasteiger partial charge in [-0.05, 0) is 42.2 Å². The summed E-state index contributed by atoms with van der Waals surface area (Å²) in [5.74, 6) is 0.0522. The zero-order valence-electron chi connectivity index (χ0n) is 11.7. The fraction of sp³-hybridized carbons (Fsp3) is 0.500. The minimum atomic E-state index is -3.14. The Hall–Kier alpha value is -1.13. The number of hydrogen-bond donors (Lipinski definition) is 0. The van der Waals surface area contributed by atoms with Crippen molar-refractivity contribution in [1.29, 1.82) is 0 Å². The molecule has 1 fully saturated rings. The molecular formula is C16H21NO2S. The normalized spacial score (nSPS) is 21.8. The zero-order valence-corrected chi connectivity index (χ0v) is 12.5. The molecule has 4 heteroatoms. The molecule has 0 unspecified atom stereocenters. The van der Waals surface area contributed by atoms with Crippen LogP contribution in [0.15, 0.2) is 36.9 Å². The molecule has 20 heavy (non-hydrogen) atoms. The van der Waals surface area contributed by atoms with E-state index in [0.717, 1.165) is 19.3 Å². The van der Waals surface area contributed by atoms with E-state index in [4.69, 9.17) is 0 Å². The molecule has 0 bridgehead atoms. The molecule has 1 aromatic rings. The van der Waals surface area contributed by atoms with E-state index in [9.17, 15) is 8.42 Å². The second-order valence-corrected chi connectivity index (χ2v) is 7.92. The number of benzene rings is 1. The van der Waals surface area contributed by atoms with Crippen LogP contribution in [0.2, 0.25) is 0 Å². The fourth-order valence-electron chi connectivity index (χ4n) is 3.73. The molecule has 1 aliphatic carbocycles. The van der Waals surface area contributed by atoms with Gasteiger partial charge in [-0.15, -0.1) is 6.58 Å². The maximum absolute atomic E-state index is 12.1. The van der Waals surface area contributed by atoms with Crippen molar-refractivity contribution >= 4 is 10.0 Å². The quantitative estimate of drug-likeness (QED) is 0.802. The lowest BCUT2D eigenvalue weighted by molar-refractivity contribution is 0.232. The van der Waals surface area contributed by atoms with E-state index in [1.54, 1.807) is 4.31 Å². The summed E-state index contributed by atoms with van der Waals surface area (Å²) in [7, 11) is -3.14. The molecule has 0 N–H and O–H groups in total. The molecule has 1 spiro atoms. The van der Waals surface area contributed by atoms with Gasteiger partial charge in [0.05, 0.1) is 5.75 Å². The van der Waals surface area contributed by atoms with E-state index < -0.39 is 10.0 Å². The largest absolute Gasteiger partial charge is 0.217 e. The van der Waals surface area contributed by atoms with Crippen LogP contribution in [0.4, 0.5) is 0 Å². The summed E-state index contributed by atoms with van der Waals surface area (Å²) in [4.78, 5) is 0. The van der Waals surface area contributed by atoms with Crippen molar-refractivity contribution in [2.45, 2.75) is 31.1 Å². The molecule has 1 aromatic carbocycles. The van der Waals surface area contributed by atoms with Crippen molar-refractivity contribution in [1.82, 2.24) is 4.31 Å². The summed E-state index contributed by atoms with van der Waals surface area (Å²) in [6.07, 6.45) is 5.67. The highest BCUT2D eigenvalue weighted by Gasteiger charge is 2.42. The minimum Gasteiger partial charge on any atom is -0.212 e. The van der Waals surface area contributed by atoms with Gasteiger partial charge in [-0.25, -0.2) is 12.7 Å². The smallest absolute Gasteiger partial charge is 0.212 e. The van der Waals surface area contributed by atoms with Crippen molar-refractivity contribution in [2.75, 3.05) is 18.8 Å². The second-order valence-electron chi connectivity index (χ2n) is 5.90. The lowest BCUT2D eigenvalue weighted by Crippen LogP contribution is -2.44. The van der Waals surface area contributed by atoms with E-state index >= 15 is 0 Å². The molecule has 3 rings (SSSR count). The second kappa shape index (κ2) is 5.01. The molecule has 3 nitrogen and oxygen atoms in total. The van der Waals surface area contributed by atoms with E-state index in [1.165, 1.54) is 23.6 Å². The van der Waals surface area contributed by atoms with Crippen molar-refractivity contribution in [3.63, 3.8) is 0 Å². The number of aryl methyl sites for hydroxylation is 1.